The van der Waals surface area contributed by atoms with Crippen LogP contribution in [-0.4, -0.2) is 35.5 Å². The van der Waals surface area contributed by atoms with E-state index in [0.717, 1.165) is 22.4 Å². The van der Waals surface area contributed by atoms with Gasteiger partial charge in [0, 0.05) is 11.1 Å². The predicted octanol–water partition coefficient (Wildman–Crippen LogP) is 2.41. The summed E-state index contributed by atoms with van der Waals surface area (Å²) in [5, 5.41) is 15.5. The van der Waals surface area contributed by atoms with Crippen molar-refractivity contribution in [3.63, 3.8) is 0 Å². The molecule has 0 amide bonds. The number of carboxylic acid groups (broad SMARTS) is 1. The SMILES string of the molecule is COc1cc(C)c(-c2cc(C(=O)O)[nH]n2)c(OC)c1C. The van der Waals surface area contributed by atoms with Gasteiger partial charge in [0.25, 0.3) is 0 Å². The van der Waals surface area contributed by atoms with E-state index < -0.39 is 5.97 Å². The van der Waals surface area contributed by atoms with Crippen LogP contribution in [0.15, 0.2) is 12.1 Å². The molecule has 0 saturated heterocycles. The molecule has 0 radical (unpaired) electrons. The summed E-state index contributed by atoms with van der Waals surface area (Å²) in [6, 6.07) is 3.36. The molecule has 0 atom stereocenters. The normalized spacial score (nSPS) is 10.4. The van der Waals surface area contributed by atoms with Crippen molar-refractivity contribution in [3.8, 4) is 22.8 Å². The number of hydrogen-bond donors (Lipinski definition) is 2. The topological polar surface area (TPSA) is 84.4 Å². The summed E-state index contributed by atoms with van der Waals surface area (Å²) in [6.45, 7) is 3.78. The number of nitrogens with one attached hydrogen (secondary N) is 1. The Bertz CT molecular complexity index is 661. The molecule has 1 heterocycles. The minimum absolute atomic E-state index is 0.0370. The van der Waals surface area contributed by atoms with Gasteiger partial charge in [-0.1, -0.05) is 0 Å². The second-order valence-corrected chi connectivity index (χ2v) is 4.40. The first-order valence-electron chi connectivity index (χ1n) is 6.00. The molecular formula is C14H16N2O4. The molecule has 2 rings (SSSR count). The van der Waals surface area contributed by atoms with Crippen LogP contribution in [-0.2, 0) is 0 Å². The maximum atomic E-state index is 10.9. The lowest BCUT2D eigenvalue weighted by Gasteiger charge is -2.15. The van der Waals surface area contributed by atoms with Gasteiger partial charge >= 0.3 is 5.97 Å². The smallest absolute Gasteiger partial charge is 0.353 e. The largest absolute Gasteiger partial charge is 0.496 e. The van der Waals surface area contributed by atoms with Gasteiger partial charge in [-0.3, -0.25) is 5.10 Å². The van der Waals surface area contributed by atoms with Crippen LogP contribution in [0.25, 0.3) is 11.3 Å². The van der Waals surface area contributed by atoms with Crippen molar-refractivity contribution in [3.05, 3.63) is 29.0 Å². The van der Waals surface area contributed by atoms with Crippen LogP contribution in [0.2, 0.25) is 0 Å². The average molecular weight is 276 g/mol. The van der Waals surface area contributed by atoms with Crippen molar-refractivity contribution in [2.75, 3.05) is 14.2 Å². The van der Waals surface area contributed by atoms with Gasteiger partial charge in [0.2, 0.25) is 0 Å². The minimum Gasteiger partial charge on any atom is -0.496 e. The summed E-state index contributed by atoms with van der Waals surface area (Å²) < 4.78 is 10.7. The molecule has 6 heteroatoms. The molecular weight excluding hydrogens is 260 g/mol. The Hall–Kier alpha value is -2.50. The van der Waals surface area contributed by atoms with Crippen molar-refractivity contribution in [2.24, 2.45) is 0 Å². The number of aryl methyl sites for hydroxylation is 1. The van der Waals surface area contributed by atoms with E-state index in [9.17, 15) is 4.79 Å². The van der Waals surface area contributed by atoms with Crippen LogP contribution in [0.1, 0.15) is 21.6 Å². The average Bonchev–Trinajstić information content (AvgIpc) is 2.89. The molecule has 0 aliphatic rings. The Labute approximate surface area is 116 Å². The van der Waals surface area contributed by atoms with Gasteiger partial charge in [-0.25, -0.2) is 4.79 Å². The monoisotopic (exact) mass is 276 g/mol. The molecule has 0 aliphatic heterocycles. The van der Waals surface area contributed by atoms with Crippen LogP contribution < -0.4 is 9.47 Å². The van der Waals surface area contributed by atoms with Gasteiger partial charge in [0.05, 0.1) is 19.9 Å². The lowest BCUT2D eigenvalue weighted by molar-refractivity contribution is 0.0690. The molecule has 0 bridgehead atoms. The Morgan fingerprint density at radius 3 is 2.45 bits per heavy atom. The Morgan fingerprint density at radius 1 is 1.25 bits per heavy atom. The van der Waals surface area contributed by atoms with Gasteiger partial charge in [-0.2, -0.15) is 5.10 Å². The van der Waals surface area contributed by atoms with E-state index in [1.807, 2.05) is 19.9 Å². The highest BCUT2D eigenvalue weighted by molar-refractivity contribution is 5.87. The fraction of sp³-hybridized carbons (Fsp3) is 0.286. The summed E-state index contributed by atoms with van der Waals surface area (Å²) >= 11 is 0. The second-order valence-electron chi connectivity index (χ2n) is 4.40. The summed E-state index contributed by atoms with van der Waals surface area (Å²) in [7, 11) is 3.16. The van der Waals surface area contributed by atoms with E-state index in [1.54, 1.807) is 14.2 Å². The van der Waals surface area contributed by atoms with Crippen LogP contribution in [0.3, 0.4) is 0 Å². The molecule has 2 aromatic rings. The first-order chi connectivity index (χ1) is 9.49. The molecule has 1 aromatic heterocycles. The number of rotatable bonds is 4. The Balaban J connectivity index is 2.66. The maximum Gasteiger partial charge on any atom is 0.353 e. The minimum atomic E-state index is -1.05. The van der Waals surface area contributed by atoms with Gasteiger partial charge < -0.3 is 14.6 Å². The number of carbonyl (C=O) groups is 1. The highest BCUT2D eigenvalue weighted by Crippen LogP contribution is 2.40. The zero-order valence-electron chi connectivity index (χ0n) is 11.8. The zero-order valence-corrected chi connectivity index (χ0v) is 11.8. The first-order valence-corrected chi connectivity index (χ1v) is 6.00. The molecule has 0 fully saturated rings. The molecule has 1 aromatic carbocycles. The fourth-order valence-corrected chi connectivity index (χ4v) is 2.20. The lowest BCUT2D eigenvalue weighted by Crippen LogP contribution is -1.98. The van der Waals surface area contributed by atoms with E-state index in [4.69, 9.17) is 14.6 Å². The molecule has 0 saturated carbocycles. The standard InChI is InChI=1S/C14H16N2O4/c1-7-5-11(19-3)8(2)13(20-4)12(7)9-6-10(14(17)18)16-15-9/h5-6H,1-4H3,(H,15,16)(H,17,18). The predicted molar refractivity (Wildman–Crippen MR) is 73.6 cm³/mol. The van der Waals surface area contributed by atoms with Crippen molar-refractivity contribution >= 4 is 5.97 Å². The summed E-state index contributed by atoms with van der Waals surface area (Å²) in [6.07, 6.45) is 0. The third-order valence-electron chi connectivity index (χ3n) is 3.17. The third kappa shape index (κ3) is 2.20. The van der Waals surface area contributed by atoms with E-state index in [0.29, 0.717) is 11.4 Å². The van der Waals surface area contributed by atoms with Crippen molar-refractivity contribution in [1.82, 2.24) is 10.2 Å². The van der Waals surface area contributed by atoms with Crippen molar-refractivity contribution < 1.29 is 19.4 Å². The van der Waals surface area contributed by atoms with E-state index in [-0.39, 0.29) is 5.69 Å². The zero-order chi connectivity index (χ0) is 14.9. The Kier molecular flexibility index (Phi) is 3.65. The molecule has 2 N–H and O–H groups in total. The lowest BCUT2D eigenvalue weighted by atomic mass is 9.99. The Morgan fingerprint density at radius 2 is 1.95 bits per heavy atom. The van der Waals surface area contributed by atoms with Crippen LogP contribution >= 0.6 is 0 Å². The van der Waals surface area contributed by atoms with Gasteiger partial charge in [-0.15, -0.1) is 0 Å². The highest BCUT2D eigenvalue weighted by Gasteiger charge is 2.19. The van der Waals surface area contributed by atoms with Gasteiger partial charge in [0.15, 0.2) is 0 Å². The number of hydrogen-bond acceptors (Lipinski definition) is 4. The van der Waals surface area contributed by atoms with Crippen LogP contribution in [0.4, 0.5) is 0 Å². The number of aromatic amines is 1. The maximum absolute atomic E-state index is 10.9. The number of methoxy groups -OCH3 is 2. The van der Waals surface area contributed by atoms with Gasteiger partial charge in [0.1, 0.15) is 17.2 Å². The number of benzene rings is 1. The fourth-order valence-electron chi connectivity index (χ4n) is 2.20. The van der Waals surface area contributed by atoms with Crippen molar-refractivity contribution in [2.45, 2.75) is 13.8 Å². The third-order valence-corrected chi connectivity index (χ3v) is 3.17. The summed E-state index contributed by atoms with van der Waals surface area (Å²) in [4.78, 5) is 10.9. The highest BCUT2D eigenvalue weighted by atomic mass is 16.5. The number of aromatic carboxylic acids is 1. The molecule has 0 unspecified atom stereocenters. The first kappa shape index (κ1) is 13.9. The van der Waals surface area contributed by atoms with E-state index >= 15 is 0 Å². The molecule has 6 nitrogen and oxygen atoms in total. The molecule has 0 spiro atoms. The molecule has 20 heavy (non-hydrogen) atoms. The number of carboxylic acids is 1. The number of ether oxygens (including phenoxy) is 2. The van der Waals surface area contributed by atoms with Crippen molar-refractivity contribution in [1.29, 1.82) is 0 Å². The summed E-state index contributed by atoms with van der Waals surface area (Å²) in [5.74, 6) is 0.299. The van der Waals surface area contributed by atoms with Crippen LogP contribution in [0, 0.1) is 13.8 Å². The quantitative estimate of drug-likeness (QED) is 0.895. The molecule has 106 valence electrons. The van der Waals surface area contributed by atoms with E-state index in [1.165, 1.54) is 6.07 Å². The summed E-state index contributed by atoms with van der Waals surface area (Å²) in [5.41, 5.74) is 3.06. The number of nitrogens with zero attached hydrogens (tertiary/aromatic N) is 1. The number of aromatic nitrogens is 2. The van der Waals surface area contributed by atoms with E-state index in [2.05, 4.69) is 10.2 Å². The van der Waals surface area contributed by atoms with Crippen LogP contribution in [0.5, 0.6) is 11.5 Å². The second kappa shape index (κ2) is 5.24. The molecule has 0 aliphatic carbocycles. The number of H-pyrrole nitrogens is 1. The van der Waals surface area contributed by atoms with Gasteiger partial charge in [-0.05, 0) is 31.5 Å².